The third kappa shape index (κ3) is 1.42. The lowest BCUT2D eigenvalue weighted by molar-refractivity contribution is 0.152. The van der Waals surface area contributed by atoms with Crippen LogP contribution < -0.4 is 0 Å². The van der Waals surface area contributed by atoms with Crippen LogP contribution in [0, 0.1) is 0 Å². The minimum atomic E-state index is -0.307. The van der Waals surface area contributed by atoms with Crippen LogP contribution in [0.15, 0.2) is 6.07 Å². The quantitative estimate of drug-likeness (QED) is 0.766. The van der Waals surface area contributed by atoms with E-state index in [0.29, 0.717) is 0 Å². The summed E-state index contributed by atoms with van der Waals surface area (Å²) < 4.78 is 0. The molecule has 0 bridgehead atoms. The molecule has 0 aliphatic heterocycles. The topological polar surface area (TPSA) is 20.2 Å². The molecule has 1 heterocycles. The largest absolute Gasteiger partial charge is 0.390 e. The molecule has 0 radical (unpaired) electrons. The highest BCUT2D eigenvalue weighted by Gasteiger charge is 2.40. The molecule has 1 aromatic rings. The zero-order valence-electron chi connectivity index (χ0n) is 7.68. The van der Waals surface area contributed by atoms with E-state index in [0.717, 1.165) is 19.3 Å². The van der Waals surface area contributed by atoms with Gasteiger partial charge in [-0.1, -0.05) is 0 Å². The first-order chi connectivity index (χ1) is 6.25. The molecule has 0 atom stereocenters. The predicted molar refractivity (Wildman–Crippen MR) is 54.2 cm³/mol. The van der Waals surface area contributed by atoms with E-state index < -0.39 is 0 Å². The Morgan fingerprint density at radius 2 is 2.23 bits per heavy atom. The van der Waals surface area contributed by atoms with E-state index in [2.05, 4.69) is 6.07 Å². The highest BCUT2D eigenvalue weighted by Crippen LogP contribution is 2.41. The molecule has 0 amide bonds. The molecule has 1 nitrogen and oxygen atoms in total. The Bertz CT molecular complexity index is 314. The van der Waals surface area contributed by atoms with E-state index in [4.69, 9.17) is 0 Å². The number of rotatable bonds is 2. The van der Waals surface area contributed by atoms with Gasteiger partial charge in [0.25, 0.3) is 0 Å². The smallest absolute Gasteiger partial charge is 0.0698 e. The fourth-order valence-electron chi connectivity index (χ4n) is 2.12. The fourth-order valence-corrected chi connectivity index (χ4v) is 3.52. The summed E-state index contributed by atoms with van der Waals surface area (Å²) in [5.41, 5.74) is 1.25. The van der Waals surface area contributed by atoms with Gasteiger partial charge >= 0.3 is 0 Å². The van der Waals surface area contributed by atoms with Crippen molar-refractivity contribution in [3.63, 3.8) is 0 Å². The monoisotopic (exact) mass is 194 g/mol. The van der Waals surface area contributed by atoms with Crippen LogP contribution in [0.1, 0.15) is 34.6 Å². The molecule has 1 fully saturated rings. The van der Waals surface area contributed by atoms with Crippen molar-refractivity contribution in [1.82, 2.24) is 0 Å². The van der Waals surface area contributed by atoms with Crippen LogP contribution in [-0.4, -0.2) is 10.7 Å². The van der Waals surface area contributed by atoms with Crippen molar-refractivity contribution in [3.8, 4) is 0 Å². The normalized spacial score (nSPS) is 23.2. The first kappa shape index (κ1) is 8.01. The molecule has 1 aromatic heterocycles. The maximum absolute atomic E-state index is 9.78. The van der Waals surface area contributed by atoms with Crippen LogP contribution in [0.4, 0.5) is 0 Å². The Balaban J connectivity index is 1.82. The van der Waals surface area contributed by atoms with Gasteiger partial charge in [-0.05, 0) is 43.7 Å². The number of aliphatic hydroxyl groups is 1. The van der Waals surface area contributed by atoms with E-state index in [1.165, 1.54) is 24.1 Å². The third-order valence-electron chi connectivity index (χ3n) is 3.13. The second kappa shape index (κ2) is 2.58. The van der Waals surface area contributed by atoms with Crippen LogP contribution in [0.5, 0.6) is 0 Å². The van der Waals surface area contributed by atoms with Gasteiger partial charge in [0, 0.05) is 16.2 Å². The minimum Gasteiger partial charge on any atom is -0.390 e. The van der Waals surface area contributed by atoms with Gasteiger partial charge in [-0.25, -0.2) is 0 Å². The summed E-state index contributed by atoms with van der Waals surface area (Å²) in [6.07, 6.45) is 6.81. The molecule has 70 valence electrons. The summed E-state index contributed by atoms with van der Waals surface area (Å²) in [6, 6.07) is 2.32. The highest BCUT2D eigenvalue weighted by atomic mass is 32.1. The first-order valence-electron chi connectivity index (χ1n) is 5.08. The van der Waals surface area contributed by atoms with E-state index in [1.807, 2.05) is 11.3 Å². The fraction of sp³-hybridized carbons (Fsp3) is 0.636. The summed E-state index contributed by atoms with van der Waals surface area (Å²) >= 11 is 1.93. The SMILES string of the molecule is OC1(Cc2cc3c(s2)CCC3)CC1. The van der Waals surface area contributed by atoms with Crippen molar-refractivity contribution >= 4 is 11.3 Å². The average Bonchev–Trinajstić information content (AvgIpc) is 2.51. The van der Waals surface area contributed by atoms with Crippen LogP contribution in [0.3, 0.4) is 0 Å². The molecule has 3 rings (SSSR count). The summed E-state index contributed by atoms with van der Waals surface area (Å²) in [7, 11) is 0. The van der Waals surface area contributed by atoms with E-state index >= 15 is 0 Å². The van der Waals surface area contributed by atoms with Gasteiger partial charge in [0.15, 0.2) is 0 Å². The molecule has 13 heavy (non-hydrogen) atoms. The van der Waals surface area contributed by atoms with Gasteiger partial charge in [0.1, 0.15) is 0 Å². The van der Waals surface area contributed by atoms with Crippen molar-refractivity contribution in [1.29, 1.82) is 0 Å². The zero-order valence-corrected chi connectivity index (χ0v) is 8.49. The Hall–Kier alpha value is -0.340. The summed E-state index contributed by atoms with van der Waals surface area (Å²) in [6.45, 7) is 0. The standard InChI is InChI=1S/C11H14OS/c12-11(4-5-11)7-9-6-8-2-1-3-10(8)13-9/h6,12H,1-5,7H2. The maximum atomic E-state index is 9.78. The molecule has 2 aliphatic carbocycles. The van der Waals surface area contributed by atoms with Gasteiger partial charge in [-0.15, -0.1) is 11.3 Å². The van der Waals surface area contributed by atoms with Crippen LogP contribution >= 0.6 is 11.3 Å². The summed E-state index contributed by atoms with van der Waals surface area (Å²) in [5.74, 6) is 0. The predicted octanol–water partition coefficient (Wildman–Crippen LogP) is 2.30. The molecule has 1 saturated carbocycles. The number of hydrogen-bond acceptors (Lipinski definition) is 2. The van der Waals surface area contributed by atoms with E-state index in [-0.39, 0.29) is 5.60 Å². The lowest BCUT2D eigenvalue weighted by Crippen LogP contribution is -2.09. The molecular formula is C11H14OS. The molecule has 0 unspecified atom stereocenters. The molecular weight excluding hydrogens is 180 g/mol. The Labute approximate surface area is 82.4 Å². The number of fused-ring (bicyclic) bond motifs is 1. The molecule has 1 N–H and O–H groups in total. The van der Waals surface area contributed by atoms with Gasteiger partial charge in [-0.2, -0.15) is 0 Å². The second-order valence-electron chi connectivity index (χ2n) is 4.42. The van der Waals surface area contributed by atoms with Gasteiger partial charge in [0.05, 0.1) is 5.60 Å². The molecule has 0 spiro atoms. The number of thiophene rings is 1. The van der Waals surface area contributed by atoms with Crippen molar-refractivity contribution in [2.45, 2.75) is 44.1 Å². The lowest BCUT2D eigenvalue weighted by atomic mass is 10.1. The zero-order chi connectivity index (χ0) is 8.89. The van der Waals surface area contributed by atoms with Crippen molar-refractivity contribution in [2.24, 2.45) is 0 Å². The molecule has 0 aromatic carbocycles. The average molecular weight is 194 g/mol. The van der Waals surface area contributed by atoms with E-state index in [9.17, 15) is 5.11 Å². The number of aryl methyl sites for hydroxylation is 2. The Kier molecular flexibility index (Phi) is 1.59. The van der Waals surface area contributed by atoms with Crippen LogP contribution in [0.25, 0.3) is 0 Å². The van der Waals surface area contributed by atoms with Crippen molar-refractivity contribution < 1.29 is 5.11 Å². The van der Waals surface area contributed by atoms with Gasteiger partial charge in [-0.3, -0.25) is 0 Å². The maximum Gasteiger partial charge on any atom is 0.0698 e. The van der Waals surface area contributed by atoms with E-state index in [1.54, 1.807) is 10.4 Å². The molecule has 0 saturated heterocycles. The van der Waals surface area contributed by atoms with Crippen LogP contribution in [0.2, 0.25) is 0 Å². The van der Waals surface area contributed by atoms with Crippen LogP contribution in [-0.2, 0) is 19.3 Å². The molecule has 2 aliphatic rings. The van der Waals surface area contributed by atoms with Crippen molar-refractivity contribution in [2.75, 3.05) is 0 Å². The summed E-state index contributed by atoms with van der Waals surface area (Å²) in [4.78, 5) is 2.99. The number of hydrogen-bond donors (Lipinski definition) is 1. The highest BCUT2D eigenvalue weighted by molar-refractivity contribution is 7.12. The third-order valence-corrected chi connectivity index (χ3v) is 4.37. The Morgan fingerprint density at radius 1 is 1.38 bits per heavy atom. The summed E-state index contributed by atoms with van der Waals surface area (Å²) in [5, 5.41) is 9.78. The minimum absolute atomic E-state index is 0.307. The van der Waals surface area contributed by atoms with Gasteiger partial charge in [0.2, 0.25) is 0 Å². The van der Waals surface area contributed by atoms with Crippen molar-refractivity contribution in [3.05, 3.63) is 21.4 Å². The molecule has 2 heteroatoms. The lowest BCUT2D eigenvalue weighted by Gasteiger charge is -2.03. The first-order valence-corrected chi connectivity index (χ1v) is 5.90. The Morgan fingerprint density at radius 3 is 2.92 bits per heavy atom. The second-order valence-corrected chi connectivity index (χ2v) is 5.64. The van der Waals surface area contributed by atoms with Gasteiger partial charge < -0.3 is 5.11 Å².